The molecule has 0 saturated heterocycles. The maximum Gasteiger partial charge on any atom is 0.339 e. The summed E-state index contributed by atoms with van der Waals surface area (Å²) in [5.41, 5.74) is 2.44. The number of aromatic nitrogens is 1. The van der Waals surface area contributed by atoms with Gasteiger partial charge in [-0.2, -0.15) is 0 Å². The molecule has 0 radical (unpaired) electrons. The molecule has 0 aliphatic heterocycles. The van der Waals surface area contributed by atoms with E-state index in [0.717, 1.165) is 11.3 Å². The summed E-state index contributed by atoms with van der Waals surface area (Å²) in [7, 11) is 5.47. The van der Waals surface area contributed by atoms with E-state index < -0.39 is 5.63 Å². The predicted molar refractivity (Wildman–Crippen MR) is 99.5 cm³/mol. The molecule has 128 valence electrons. The average Bonchev–Trinajstić information content (AvgIpc) is 2.61. The summed E-state index contributed by atoms with van der Waals surface area (Å²) in [4.78, 5) is 18.5. The van der Waals surface area contributed by atoms with Crippen molar-refractivity contribution in [1.82, 2.24) is 4.98 Å². The molecule has 3 rings (SSSR count). The van der Waals surface area contributed by atoms with Crippen molar-refractivity contribution in [1.29, 1.82) is 0 Å². The van der Waals surface area contributed by atoms with Gasteiger partial charge in [0.25, 0.3) is 0 Å². The number of anilines is 1. The third-order valence-electron chi connectivity index (χ3n) is 3.75. The van der Waals surface area contributed by atoms with Crippen molar-refractivity contribution in [3.8, 4) is 28.5 Å². The summed E-state index contributed by atoms with van der Waals surface area (Å²) in [6.45, 7) is 0. The second-order valence-corrected chi connectivity index (χ2v) is 6.09. The van der Waals surface area contributed by atoms with E-state index in [-0.39, 0.29) is 5.89 Å². The first-order valence-electron chi connectivity index (χ1n) is 7.62. The van der Waals surface area contributed by atoms with Crippen LogP contribution in [0.4, 0.5) is 5.69 Å². The third-order valence-corrected chi connectivity index (χ3v) is 3.98. The molecule has 0 atom stereocenters. The molecule has 0 saturated carbocycles. The second-order valence-electron chi connectivity index (χ2n) is 5.65. The van der Waals surface area contributed by atoms with Crippen molar-refractivity contribution in [3.63, 3.8) is 0 Å². The highest BCUT2D eigenvalue weighted by Gasteiger charge is 2.14. The highest BCUT2D eigenvalue weighted by molar-refractivity contribution is 6.30. The van der Waals surface area contributed by atoms with Crippen LogP contribution >= 0.6 is 11.6 Å². The molecule has 0 fully saturated rings. The molecule has 1 aromatic heterocycles. The first kappa shape index (κ1) is 17.0. The Morgan fingerprint density at radius 2 is 1.80 bits per heavy atom. The van der Waals surface area contributed by atoms with Crippen LogP contribution in [0.25, 0.3) is 22.7 Å². The molecule has 2 aromatic carbocycles. The normalized spacial score (nSPS) is 10.6. The van der Waals surface area contributed by atoms with Gasteiger partial charge in [-0.25, -0.2) is 9.78 Å². The average molecular weight is 357 g/mol. The van der Waals surface area contributed by atoms with Gasteiger partial charge in [-0.1, -0.05) is 23.7 Å². The lowest BCUT2D eigenvalue weighted by Crippen LogP contribution is -2.08. The fourth-order valence-electron chi connectivity index (χ4n) is 2.44. The van der Waals surface area contributed by atoms with Crippen LogP contribution in [-0.2, 0) is 0 Å². The zero-order valence-corrected chi connectivity index (χ0v) is 14.9. The van der Waals surface area contributed by atoms with Crippen molar-refractivity contribution in [2.75, 3.05) is 26.1 Å². The monoisotopic (exact) mass is 356 g/mol. The van der Waals surface area contributed by atoms with Gasteiger partial charge in [0, 0.05) is 30.4 Å². The number of hydrogen-bond donors (Lipinski definition) is 0. The van der Waals surface area contributed by atoms with E-state index in [9.17, 15) is 4.79 Å². The standard InChI is InChI=1S/C19H17ClN2O3/c1-22(2)14-7-4-12(5-8-14)16-11-18(23)25-19(21-16)15-10-13(20)6-9-17(15)24-3/h4-11H,1-3H3. The topological polar surface area (TPSA) is 55.6 Å². The van der Waals surface area contributed by atoms with E-state index in [1.807, 2.05) is 43.3 Å². The molecule has 0 bridgehead atoms. The van der Waals surface area contributed by atoms with Crippen LogP contribution in [0.1, 0.15) is 0 Å². The van der Waals surface area contributed by atoms with Crippen molar-refractivity contribution in [2.24, 2.45) is 0 Å². The molecule has 0 N–H and O–H groups in total. The van der Waals surface area contributed by atoms with E-state index in [1.54, 1.807) is 18.2 Å². The lowest BCUT2D eigenvalue weighted by molar-refractivity contribution is 0.412. The van der Waals surface area contributed by atoms with Gasteiger partial charge in [0.1, 0.15) is 5.75 Å². The quantitative estimate of drug-likeness (QED) is 0.704. The van der Waals surface area contributed by atoms with Gasteiger partial charge in [-0.05, 0) is 30.3 Å². The lowest BCUT2D eigenvalue weighted by Gasteiger charge is -2.12. The van der Waals surface area contributed by atoms with Gasteiger partial charge in [0.2, 0.25) is 5.89 Å². The van der Waals surface area contributed by atoms with E-state index in [1.165, 1.54) is 13.2 Å². The van der Waals surface area contributed by atoms with Crippen LogP contribution in [0.2, 0.25) is 5.02 Å². The third kappa shape index (κ3) is 3.67. The Bertz CT molecular complexity index is 950. The molecule has 0 aliphatic carbocycles. The number of nitrogens with zero attached hydrogens (tertiary/aromatic N) is 2. The molecule has 25 heavy (non-hydrogen) atoms. The fraction of sp³-hybridized carbons (Fsp3) is 0.158. The van der Waals surface area contributed by atoms with Crippen LogP contribution < -0.4 is 15.3 Å². The fourth-order valence-corrected chi connectivity index (χ4v) is 2.61. The number of halogens is 1. The molecular formula is C19H17ClN2O3. The number of hydrogen-bond acceptors (Lipinski definition) is 5. The molecule has 6 heteroatoms. The van der Waals surface area contributed by atoms with Crippen LogP contribution in [0.5, 0.6) is 5.75 Å². The summed E-state index contributed by atoms with van der Waals surface area (Å²) >= 11 is 6.06. The lowest BCUT2D eigenvalue weighted by atomic mass is 10.1. The van der Waals surface area contributed by atoms with Gasteiger partial charge in [-0.15, -0.1) is 0 Å². The van der Waals surface area contributed by atoms with E-state index >= 15 is 0 Å². The minimum atomic E-state index is -0.487. The number of methoxy groups -OCH3 is 1. The molecule has 5 nitrogen and oxygen atoms in total. The van der Waals surface area contributed by atoms with Crippen molar-refractivity contribution in [2.45, 2.75) is 0 Å². The maximum absolute atomic E-state index is 12.0. The largest absolute Gasteiger partial charge is 0.496 e. The van der Waals surface area contributed by atoms with Gasteiger partial charge in [0.15, 0.2) is 0 Å². The zero-order chi connectivity index (χ0) is 18.0. The van der Waals surface area contributed by atoms with Crippen LogP contribution in [0.15, 0.2) is 57.7 Å². The van der Waals surface area contributed by atoms with Gasteiger partial charge in [-0.3, -0.25) is 0 Å². The highest BCUT2D eigenvalue weighted by atomic mass is 35.5. The van der Waals surface area contributed by atoms with Gasteiger partial charge < -0.3 is 14.1 Å². The summed E-state index contributed by atoms with van der Waals surface area (Å²) in [5.74, 6) is 0.693. The van der Waals surface area contributed by atoms with Crippen molar-refractivity contribution in [3.05, 3.63) is 64.0 Å². The van der Waals surface area contributed by atoms with Crippen molar-refractivity contribution >= 4 is 17.3 Å². The smallest absolute Gasteiger partial charge is 0.339 e. The Kier molecular flexibility index (Phi) is 4.76. The van der Waals surface area contributed by atoms with E-state index in [2.05, 4.69) is 4.98 Å². The van der Waals surface area contributed by atoms with Crippen LogP contribution in [-0.4, -0.2) is 26.2 Å². The van der Waals surface area contributed by atoms with E-state index in [0.29, 0.717) is 22.0 Å². The molecule has 1 heterocycles. The Balaban J connectivity index is 2.10. The van der Waals surface area contributed by atoms with E-state index in [4.69, 9.17) is 20.8 Å². The summed E-state index contributed by atoms with van der Waals surface area (Å²) in [6, 6.07) is 14.2. The second kappa shape index (κ2) is 6.99. The summed E-state index contributed by atoms with van der Waals surface area (Å²) < 4.78 is 10.6. The van der Waals surface area contributed by atoms with Crippen LogP contribution in [0.3, 0.4) is 0 Å². The zero-order valence-electron chi connectivity index (χ0n) is 14.1. The Morgan fingerprint density at radius 3 is 2.44 bits per heavy atom. The highest BCUT2D eigenvalue weighted by Crippen LogP contribution is 2.32. The molecule has 0 unspecified atom stereocenters. The first-order chi connectivity index (χ1) is 12.0. The number of ether oxygens (including phenoxy) is 1. The van der Waals surface area contributed by atoms with Gasteiger partial charge >= 0.3 is 5.63 Å². The molecule has 0 spiro atoms. The molecule has 3 aromatic rings. The Morgan fingerprint density at radius 1 is 1.08 bits per heavy atom. The molecule has 0 aliphatic rings. The molecular weight excluding hydrogens is 340 g/mol. The van der Waals surface area contributed by atoms with Crippen molar-refractivity contribution < 1.29 is 9.15 Å². The first-order valence-corrected chi connectivity index (χ1v) is 7.99. The molecule has 0 amide bonds. The summed E-state index contributed by atoms with van der Waals surface area (Å²) in [5, 5.41) is 0.501. The Labute approximate surface area is 150 Å². The summed E-state index contributed by atoms with van der Waals surface area (Å²) in [6.07, 6.45) is 0. The number of benzene rings is 2. The predicted octanol–water partition coefficient (Wildman–Crippen LogP) is 4.10. The Hall–Kier alpha value is -2.79. The maximum atomic E-state index is 12.0. The number of rotatable bonds is 4. The minimum absolute atomic E-state index is 0.165. The van der Waals surface area contributed by atoms with Gasteiger partial charge in [0.05, 0.1) is 24.4 Å². The minimum Gasteiger partial charge on any atom is -0.496 e. The SMILES string of the molecule is COc1ccc(Cl)cc1-c1nc(-c2ccc(N(C)C)cc2)cc(=O)o1. The van der Waals surface area contributed by atoms with Crippen LogP contribution in [0, 0.1) is 0 Å².